The molecule has 9 heteroatoms. The predicted molar refractivity (Wildman–Crippen MR) is 79.0 cm³/mol. The molecule has 0 spiro atoms. The number of carbonyl (C=O) groups excluding carboxylic acids is 1. The fraction of sp³-hybridized carbons (Fsp3) is 0.385. The van der Waals surface area contributed by atoms with Crippen LogP contribution < -0.4 is 5.32 Å². The molecule has 3 heterocycles. The highest BCUT2D eigenvalue weighted by atomic mass is 32.1. The van der Waals surface area contributed by atoms with Gasteiger partial charge in [0.25, 0.3) is 0 Å². The molecule has 1 aliphatic heterocycles. The minimum Gasteiger partial charge on any atom is -0.301 e. The molecule has 0 aliphatic carbocycles. The summed E-state index contributed by atoms with van der Waals surface area (Å²) >= 11 is 2.15. The van der Waals surface area contributed by atoms with E-state index in [1.807, 2.05) is 16.3 Å². The number of carbonyl (C=O) groups is 1. The Kier molecular flexibility index (Phi) is 4.20. The third-order valence-corrected chi connectivity index (χ3v) is 5.27. The van der Waals surface area contributed by atoms with Gasteiger partial charge < -0.3 is 5.32 Å². The molecule has 0 saturated heterocycles. The number of nitrogens with one attached hydrogen (secondary N) is 1. The van der Waals surface area contributed by atoms with Crippen LogP contribution in [0, 0.1) is 0 Å². The summed E-state index contributed by atoms with van der Waals surface area (Å²) in [5.41, 5.74) is 1.22. The number of hydrogen-bond acceptors (Lipinski definition) is 5. The largest absolute Gasteiger partial charge is 0.427 e. The number of thiazole rings is 1. The lowest BCUT2D eigenvalue weighted by atomic mass is 10.1. The molecular weight excluding hydrogens is 335 g/mol. The molecule has 1 amide bonds. The molecule has 0 saturated carbocycles. The zero-order chi connectivity index (χ0) is 15.7. The summed E-state index contributed by atoms with van der Waals surface area (Å²) in [4.78, 5) is 18.0. The van der Waals surface area contributed by atoms with E-state index in [2.05, 4.69) is 10.3 Å². The van der Waals surface area contributed by atoms with Crippen molar-refractivity contribution in [3.05, 3.63) is 33.0 Å². The van der Waals surface area contributed by atoms with E-state index >= 15 is 0 Å². The van der Waals surface area contributed by atoms with E-state index < -0.39 is 11.1 Å². The van der Waals surface area contributed by atoms with Crippen LogP contribution >= 0.6 is 22.7 Å². The minimum atomic E-state index is -4.43. The fourth-order valence-corrected chi connectivity index (χ4v) is 3.86. The molecule has 0 unspecified atom stereocenters. The first-order valence-electron chi connectivity index (χ1n) is 6.52. The molecule has 2 aromatic heterocycles. The number of halogens is 3. The number of hydrogen-bond donors (Lipinski definition) is 1. The highest BCUT2D eigenvalue weighted by Crippen LogP contribution is 2.35. The average molecular weight is 347 g/mol. The molecule has 1 N–H and O–H groups in total. The molecule has 0 bridgehead atoms. The first-order chi connectivity index (χ1) is 10.4. The lowest BCUT2D eigenvalue weighted by molar-refractivity contribution is -0.134. The van der Waals surface area contributed by atoms with E-state index in [0.29, 0.717) is 17.9 Å². The molecule has 4 nitrogen and oxygen atoms in total. The second-order valence-electron chi connectivity index (χ2n) is 4.91. The molecule has 3 rings (SSSR count). The van der Waals surface area contributed by atoms with Gasteiger partial charge in [-0.3, -0.25) is 9.69 Å². The van der Waals surface area contributed by atoms with Crippen molar-refractivity contribution in [2.75, 3.05) is 18.4 Å². The number of rotatable bonds is 3. The van der Waals surface area contributed by atoms with Gasteiger partial charge >= 0.3 is 6.18 Å². The zero-order valence-corrected chi connectivity index (χ0v) is 12.9. The molecule has 0 atom stereocenters. The third-order valence-electron chi connectivity index (χ3n) is 3.29. The third kappa shape index (κ3) is 3.47. The highest BCUT2D eigenvalue weighted by molar-refractivity contribution is 7.15. The van der Waals surface area contributed by atoms with Crippen LogP contribution in [0.15, 0.2) is 17.6 Å². The first-order valence-corrected chi connectivity index (χ1v) is 8.22. The van der Waals surface area contributed by atoms with E-state index in [1.165, 1.54) is 10.4 Å². The summed E-state index contributed by atoms with van der Waals surface area (Å²) in [7, 11) is 0. The summed E-state index contributed by atoms with van der Waals surface area (Å²) in [6.07, 6.45) is -2.79. The summed E-state index contributed by atoms with van der Waals surface area (Å²) in [5, 5.41) is 4.44. The monoisotopic (exact) mass is 347 g/mol. The highest BCUT2D eigenvalue weighted by Gasteiger charge is 2.33. The Morgan fingerprint density at radius 3 is 3.00 bits per heavy atom. The van der Waals surface area contributed by atoms with Crippen LogP contribution in [0.1, 0.15) is 15.3 Å². The smallest absolute Gasteiger partial charge is 0.301 e. The Morgan fingerprint density at radius 1 is 1.45 bits per heavy atom. The minimum absolute atomic E-state index is 0.0226. The van der Waals surface area contributed by atoms with Crippen LogP contribution in [-0.2, 0) is 23.9 Å². The van der Waals surface area contributed by atoms with Gasteiger partial charge in [0.15, 0.2) is 5.13 Å². The quantitative estimate of drug-likeness (QED) is 0.927. The van der Waals surface area contributed by atoms with E-state index in [0.717, 1.165) is 19.2 Å². The van der Waals surface area contributed by atoms with Gasteiger partial charge in [-0.2, -0.15) is 13.2 Å². The van der Waals surface area contributed by atoms with Crippen LogP contribution in [0.3, 0.4) is 0 Å². The summed E-state index contributed by atoms with van der Waals surface area (Å²) in [6, 6.07) is 2.04. The Labute approximate surface area is 132 Å². The number of aromatic nitrogens is 1. The van der Waals surface area contributed by atoms with Crippen molar-refractivity contribution >= 4 is 33.7 Å². The zero-order valence-electron chi connectivity index (χ0n) is 11.3. The molecule has 0 fully saturated rings. The normalized spacial score (nSPS) is 15.6. The predicted octanol–water partition coefficient (Wildman–Crippen LogP) is 3.22. The lowest BCUT2D eigenvalue weighted by Crippen LogP contribution is -2.36. The van der Waals surface area contributed by atoms with E-state index in [-0.39, 0.29) is 17.6 Å². The van der Waals surface area contributed by atoms with Crippen molar-refractivity contribution in [3.63, 3.8) is 0 Å². The summed E-state index contributed by atoms with van der Waals surface area (Å²) in [5.74, 6) is -0.346. The van der Waals surface area contributed by atoms with Gasteiger partial charge in [0.2, 0.25) is 5.91 Å². The van der Waals surface area contributed by atoms with Gasteiger partial charge in [-0.1, -0.05) is 11.3 Å². The molecule has 118 valence electrons. The Bertz CT molecular complexity index is 680. The maximum Gasteiger partial charge on any atom is 0.427 e. The Balaban J connectivity index is 1.56. The van der Waals surface area contributed by atoms with E-state index in [1.54, 1.807) is 11.3 Å². The number of alkyl halides is 3. The van der Waals surface area contributed by atoms with Crippen LogP contribution in [0.25, 0.3) is 0 Å². The number of fused-ring (bicyclic) bond motifs is 1. The van der Waals surface area contributed by atoms with Crippen LogP contribution in [0.4, 0.5) is 18.3 Å². The number of anilines is 1. The lowest BCUT2D eigenvalue weighted by Gasteiger charge is -2.25. The van der Waals surface area contributed by atoms with Crippen molar-refractivity contribution in [2.45, 2.75) is 19.1 Å². The maximum absolute atomic E-state index is 12.5. The van der Waals surface area contributed by atoms with Crippen molar-refractivity contribution in [2.24, 2.45) is 0 Å². The Morgan fingerprint density at radius 2 is 2.27 bits per heavy atom. The van der Waals surface area contributed by atoms with Crippen molar-refractivity contribution < 1.29 is 18.0 Å². The van der Waals surface area contributed by atoms with Crippen molar-refractivity contribution in [1.29, 1.82) is 0 Å². The van der Waals surface area contributed by atoms with E-state index in [4.69, 9.17) is 0 Å². The summed E-state index contributed by atoms with van der Waals surface area (Å²) < 4.78 is 37.4. The van der Waals surface area contributed by atoms with Gasteiger partial charge in [0, 0.05) is 18.0 Å². The SMILES string of the molecule is O=C(CN1CCc2sccc2C1)Nc1ncc(C(F)(F)F)s1. The molecule has 2 aromatic rings. The van der Waals surface area contributed by atoms with Gasteiger partial charge in [-0.25, -0.2) is 4.98 Å². The van der Waals surface area contributed by atoms with Crippen LogP contribution in [-0.4, -0.2) is 28.9 Å². The fourth-order valence-electron chi connectivity index (χ4n) is 2.27. The second kappa shape index (κ2) is 5.98. The molecule has 1 aliphatic rings. The number of nitrogens with zero attached hydrogens (tertiary/aromatic N) is 2. The van der Waals surface area contributed by atoms with Gasteiger partial charge in [-0.15, -0.1) is 11.3 Å². The molecule has 0 radical (unpaired) electrons. The van der Waals surface area contributed by atoms with Gasteiger partial charge in [-0.05, 0) is 23.4 Å². The number of thiophene rings is 1. The summed E-state index contributed by atoms with van der Waals surface area (Å²) in [6.45, 7) is 1.61. The topological polar surface area (TPSA) is 45.2 Å². The second-order valence-corrected chi connectivity index (χ2v) is 6.94. The molecule has 22 heavy (non-hydrogen) atoms. The standard InChI is InChI=1S/C13H12F3N3OS2/c14-13(15,16)10-5-17-12(22-10)18-11(20)7-19-3-1-9-8(6-19)2-4-21-9/h2,4-5H,1,3,6-7H2,(H,17,18,20). The molecular formula is C13H12F3N3OS2. The average Bonchev–Trinajstić information content (AvgIpc) is 3.05. The maximum atomic E-state index is 12.5. The van der Waals surface area contributed by atoms with E-state index in [9.17, 15) is 18.0 Å². The first kappa shape index (κ1) is 15.4. The van der Waals surface area contributed by atoms with Gasteiger partial charge in [0.1, 0.15) is 4.88 Å². The Hall–Kier alpha value is -1.45. The number of amides is 1. The van der Waals surface area contributed by atoms with Crippen LogP contribution in [0.5, 0.6) is 0 Å². The van der Waals surface area contributed by atoms with Crippen LogP contribution in [0.2, 0.25) is 0 Å². The van der Waals surface area contributed by atoms with Crippen molar-refractivity contribution in [1.82, 2.24) is 9.88 Å². The van der Waals surface area contributed by atoms with Gasteiger partial charge in [0.05, 0.1) is 12.7 Å². The van der Waals surface area contributed by atoms with Crippen molar-refractivity contribution in [3.8, 4) is 0 Å². The molecule has 0 aromatic carbocycles.